The van der Waals surface area contributed by atoms with E-state index in [1.54, 1.807) is 18.2 Å². The Morgan fingerprint density at radius 3 is 2.72 bits per heavy atom. The molecule has 1 aromatic heterocycles. The third-order valence-electron chi connectivity index (χ3n) is 4.67. The number of nitrogens with zero attached hydrogens (tertiary/aromatic N) is 3. The zero-order valence-electron chi connectivity index (χ0n) is 16.4. The van der Waals surface area contributed by atoms with Crippen molar-refractivity contribution in [3.8, 4) is 11.8 Å². The van der Waals surface area contributed by atoms with E-state index in [1.165, 1.54) is 24.3 Å². The summed E-state index contributed by atoms with van der Waals surface area (Å²) in [6.07, 6.45) is 1.50. The molecular weight excluding hydrogens is 451 g/mol. The summed E-state index contributed by atoms with van der Waals surface area (Å²) in [7, 11) is 0. The number of hydrogen-bond acceptors (Lipinski definition) is 5. The highest BCUT2D eigenvalue weighted by molar-refractivity contribution is 6.35. The first-order valence-corrected chi connectivity index (χ1v) is 10.1. The number of halogens is 2. The largest absolute Gasteiger partial charge is 0.488 e. The number of aromatic nitrogens is 2. The second-order valence-corrected chi connectivity index (χ2v) is 7.62. The van der Waals surface area contributed by atoms with E-state index in [-0.39, 0.29) is 17.9 Å². The molecule has 4 aromatic rings. The number of allylic oxidation sites excluding steroid dienone is 1. The minimum absolute atomic E-state index is 0.112. The molecule has 0 aliphatic carbocycles. The highest BCUT2D eigenvalue weighted by Gasteiger charge is 2.14. The van der Waals surface area contributed by atoms with Crippen LogP contribution in [0.5, 0.6) is 5.75 Å². The molecule has 9 heteroatoms. The molecule has 0 aliphatic rings. The number of H-pyrrole nitrogens is 1. The predicted octanol–water partition coefficient (Wildman–Crippen LogP) is 6.42. The summed E-state index contributed by atoms with van der Waals surface area (Å²) >= 11 is 12.1. The first kappa shape index (κ1) is 21.4. The molecule has 7 nitrogen and oxygen atoms in total. The molecule has 3 aromatic carbocycles. The van der Waals surface area contributed by atoms with Crippen LogP contribution in [0.3, 0.4) is 0 Å². The second-order valence-electron chi connectivity index (χ2n) is 6.78. The van der Waals surface area contributed by atoms with E-state index in [1.807, 2.05) is 24.3 Å². The zero-order valence-corrected chi connectivity index (χ0v) is 17.9. The number of nitrogens with one attached hydrogen (secondary N) is 1. The van der Waals surface area contributed by atoms with Crippen LogP contribution in [0.25, 0.3) is 22.7 Å². The van der Waals surface area contributed by atoms with Gasteiger partial charge in [0.15, 0.2) is 0 Å². The van der Waals surface area contributed by atoms with Gasteiger partial charge in [-0.05, 0) is 36.4 Å². The number of nitriles is 1. The fourth-order valence-electron chi connectivity index (χ4n) is 3.08. The molecule has 0 saturated carbocycles. The quantitative estimate of drug-likeness (QED) is 0.201. The molecule has 1 N–H and O–H groups in total. The number of aromatic amines is 1. The van der Waals surface area contributed by atoms with Gasteiger partial charge in [0.2, 0.25) is 0 Å². The fourth-order valence-corrected chi connectivity index (χ4v) is 3.54. The number of imidazole rings is 1. The van der Waals surface area contributed by atoms with Crippen molar-refractivity contribution in [1.29, 1.82) is 5.26 Å². The summed E-state index contributed by atoms with van der Waals surface area (Å²) in [5.74, 6) is 0.706. The number of nitro benzene ring substituents is 1. The van der Waals surface area contributed by atoms with Crippen molar-refractivity contribution >= 4 is 51.6 Å². The van der Waals surface area contributed by atoms with Crippen molar-refractivity contribution in [2.45, 2.75) is 6.61 Å². The first-order valence-electron chi connectivity index (χ1n) is 9.36. The number of ether oxygens (including phenoxy) is 1. The Bertz CT molecular complexity index is 1370. The van der Waals surface area contributed by atoms with Crippen LogP contribution in [0.15, 0.2) is 60.7 Å². The van der Waals surface area contributed by atoms with Crippen molar-refractivity contribution in [2.75, 3.05) is 0 Å². The van der Waals surface area contributed by atoms with Crippen LogP contribution in [0.2, 0.25) is 10.0 Å². The minimum atomic E-state index is -0.510. The number of benzene rings is 3. The maximum Gasteiger partial charge on any atom is 0.270 e. The monoisotopic (exact) mass is 464 g/mol. The van der Waals surface area contributed by atoms with Crippen molar-refractivity contribution in [3.05, 3.63) is 97.8 Å². The summed E-state index contributed by atoms with van der Waals surface area (Å²) in [6, 6.07) is 18.7. The second kappa shape index (κ2) is 9.10. The van der Waals surface area contributed by atoms with Crippen LogP contribution in [-0.2, 0) is 6.61 Å². The molecule has 0 bridgehead atoms. The summed E-state index contributed by atoms with van der Waals surface area (Å²) < 4.78 is 5.88. The average Bonchev–Trinajstić information content (AvgIpc) is 3.21. The smallest absolute Gasteiger partial charge is 0.270 e. The maximum absolute atomic E-state index is 11.3. The lowest BCUT2D eigenvalue weighted by Gasteiger charge is -2.11. The lowest BCUT2D eigenvalue weighted by atomic mass is 10.1. The molecule has 0 amide bonds. The molecule has 0 saturated heterocycles. The number of hydrogen-bond donors (Lipinski definition) is 1. The van der Waals surface area contributed by atoms with Crippen LogP contribution in [0.1, 0.15) is 17.0 Å². The van der Waals surface area contributed by atoms with Crippen molar-refractivity contribution in [1.82, 2.24) is 9.97 Å². The first-order chi connectivity index (χ1) is 15.4. The fraction of sp³-hybridized carbons (Fsp3) is 0.0435. The van der Waals surface area contributed by atoms with Gasteiger partial charge in [0, 0.05) is 33.3 Å². The Labute approximate surface area is 192 Å². The molecule has 4 rings (SSSR count). The molecule has 1 heterocycles. The van der Waals surface area contributed by atoms with Gasteiger partial charge in [0.05, 0.1) is 21.5 Å². The van der Waals surface area contributed by atoms with Crippen LogP contribution in [0.4, 0.5) is 5.69 Å². The Hall–Kier alpha value is -3.86. The average molecular weight is 465 g/mol. The van der Waals surface area contributed by atoms with E-state index in [9.17, 15) is 15.4 Å². The molecule has 0 unspecified atom stereocenters. The van der Waals surface area contributed by atoms with Gasteiger partial charge in [-0.2, -0.15) is 5.26 Å². The van der Waals surface area contributed by atoms with Crippen LogP contribution in [-0.4, -0.2) is 14.9 Å². The third kappa shape index (κ3) is 4.57. The maximum atomic E-state index is 11.3. The zero-order chi connectivity index (χ0) is 22.7. The van der Waals surface area contributed by atoms with Gasteiger partial charge in [-0.3, -0.25) is 10.1 Å². The number of non-ortho nitro benzene ring substituents is 1. The number of para-hydroxylation sites is 2. The lowest BCUT2D eigenvalue weighted by molar-refractivity contribution is -0.384. The van der Waals surface area contributed by atoms with Gasteiger partial charge in [-0.25, -0.2) is 4.98 Å². The Balaban J connectivity index is 1.72. The topological polar surface area (TPSA) is 105 Å². The summed E-state index contributed by atoms with van der Waals surface area (Å²) in [6.45, 7) is 0.112. The summed E-state index contributed by atoms with van der Waals surface area (Å²) in [5, 5.41) is 22.0. The highest BCUT2D eigenvalue weighted by atomic mass is 35.5. The van der Waals surface area contributed by atoms with E-state index in [4.69, 9.17) is 27.9 Å². The van der Waals surface area contributed by atoms with Gasteiger partial charge in [0.25, 0.3) is 5.69 Å². The minimum Gasteiger partial charge on any atom is -0.488 e. The van der Waals surface area contributed by atoms with Crippen LogP contribution in [0, 0.1) is 21.4 Å². The predicted molar refractivity (Wildman–Crippen MR) is 123 cm³/mol. The van der Waals surface area contributed by atoms with Crippen molar-refractivity contribution in [2.24, 2.45) is 0 Å². The highest BCUT2D eigenvalue weighted by Crippen LogP contribution is 2.30. The number of fused-ring (bicyclic) bond motifs is 1. The van der Waals surface area contributed by atoms with E-state index < -0.39 is 4.92 Å². The molecule has 0 radical (unpaired) electrons. The molecule has 0 spiro atoms. The number of rotatable bonds is 6. The Morgan fingerprint density at radius 1 is 1.19 bits per heavy atom. The normalized spacial score (nSPS) is 11.3. The van der Waals surface area contributed by atoms with Gasteiger partial charge < -0.3 is 9.72 Å². The van der Waals surface area contributed by atoms with Crippen molar-refractivity contribution in [3.63, 3.8) is 0 Å². The standard InChI is InChI=1S/C23H14Cl2N4O3/c24-17-6-5-14(19(25)11-17)13-32-22-8-7-18(29(30)31)10-15(22)9-16(12-26)23-27-20-3-1-2-4-21(20)28-23/h1-11H,13H2,(H,27,28)/b16-9-. The van der Waals surface area contributed by atoms with Crippen LogP contribution < -0.4 is 4.74 Å². The summed E-state index contributed by atoms with van der Waals surface area (Å²) in [5.41, 5.74) is 2.61. The SMILES string of the molecule is N#C/C(=C/c1cc([N+](=O)[O-])ccc1OCc1ccc(Cl)cc1Cl)c1nc2ccccc2[nH]1. The molecule has 158 valence electrons. The molecule has 0 aliphatic heterocycles. The Morgan fingerprint density at radius 2 is 2.00 bits per heavy atom. The molecular formula is C23H14Cl2N4O3. The van der Waals surface area contributed by atoms with Gasteiger partial charge in [-0.15, -0.1) is 0 Å². The van der Waals surface area contributed by atoms with E-state index >= 15 is 0 Å². The van der Waals surface area contributed by atoms with E-state index in [0.717, 1.165) is 5.52 Å². The van der Waals surface area contributed by atoms with Crippen molar-refractivity contribution < 1.29 is 9.66 Å². The molecule has 0 fully saturated rings. The van der Waals surface area contributed by atoms with Crippen LogP contribution >= 0.6 is 23.2 Å². The van der Waals surface area contributed by atoms with E-state index in [0.29, 0.717) is 38.3 Å². The molecule has 0 atom stereocenters. The lowest BCUT2D eigenvalue weighted by Crippen LogP contribution is -1.99. The number of nitro groups is 1. The summed E-state index contributed by atoms with van der Waals surface area (Å²) in [4.78, 5) is 18.3. The molecule has 32 heavy (non-hydrogen) atoms. The third-order valence-corrected chi connectivity index (χ3v) is 5.25. The van der Waals surface area contributed by atoms with E-state index in [2.05, 4.69) is 16.0 Å². The van der Waals surface area contributed by atoms with Gasteiger partial charge >= 0.3 is 0 Å². The Kier molecular flexibility index (Phi) is 6.08. The van der Waals surface area contributed by atoms with Gasteiger partial charge in [0.1, 0.15) is 24.3 Å². The van der Waals surface area contributed by atoms with Gasteiger partial charge in [-0.1, -0.05) is 41.4 Å².